The summed E-state index contributed by atoms with van der Waals surface area (Å²) in [6, 6.07) is 19.7. The van der Waals surface area contributed by atoms with Crippen LogP contribution in [0.5, 0.6) is 0 Å². The van der Waals surface area contributed by atoms with Crippen molar-refractivity contribution in [2.45, 2.75) is 52.1 Å². The van der Waals surface area contributed by atoms with Crippen molar-refractivity contribution in [1.82, 2.24) is 10.2 Å². The molecule has 0 aromatic heterocycles. The van der Waals surface area contributed by atoms with E-state index in [1.54, 1.807) is 68.4 Å². The molecule has 0 spiro atoms. The molecule has 0 heterocycles. The van der Waals surface area contributed by atoms with E-state index in [1.165, 1.54) is 17.0 Å². The van der Waals surface area contributed by atoms with Crippen LogP contribution in [0.1, 0.15) is 37.5 Å². The van der Waals surface area contributed by atoms with E-state index < -0.39 is 28.5 Å². The quantitative estimate of drug-likeness (QED) is 0.338. The van der Waals surface area contributed by atoms with Crippen molar-refractivity contribution in [1.29, 1.82) is 0 Å². The van der Waals surface area contributed by atoms with Crippen molar-refractivity contribution in [3.8, 4) is 0 Å². The molecule has 0 aliphatic heterocycles. The Morgan fingerprint density at radius 1 is 0.897 bits per heavy atom. The van der Waals surface area contributed by atoms with Gasteiger partial charge >= 0.3 is 0 Å². The van der Waals surface area contributed by atoms with Crippen molar-refractivity contribution in [2.24, 2.45) is 5.92 Å². The van der Waals surface area contributed by atoms with Gasteiger partial charge in [0.05, 0.1) is 10.6 Å². The summed E-state index contributed by atoms with van der Waals surface area (Å²) in [7, 11) is -4.10. The number of nitrogens with one attached hydrogen (secondary N) is 1. The van der Waals surface area contributed by atoms with Gasteiger partial charge in [-0.25, -0.2) is 8.42 Å². The largest absolute Gasteiger partial charge is 0.354 e. The van der Waals surface area contributed by atoms with E-state index in [0.717, 1.165) is 15.4 Å². The minimum absolute atomic E-state index is 0.0797. The lowest BCUT2D eigenvalue weighted by Crippen LogP contribution is -2.51. The highest BCUT2D eigenvalue weighted by Crippen LogP contribution is 2.27. The summed E-state index contributed by atoms with van der Waals surface area (Å²) in [5.41, 5.74) is 2.78. The zero-order valence-electron chi connectivity index (χ0n) is 23.0. The van der Waals surface area contributed by atoms with Gasteiger partial charge in [0.1, 0.15) is 12.6 Å². The first-order valence-corrected chi connectivity index (χ1v) is 14.7. The number of nitrogens with zero attached hydrogens (tertiary/aromatic N) is 2. The number of hydrogen-bond acceptors (Lipinski definition) is 4. The van der Waals surface area contributed by atoms with Crippen LogP contribution >= 0.6 is 11.6 Å². The average Bonchev–Trinajstić information content (AvgIpc) is 2.90. The second-order valence-electron chi connectivity index (χ2n) is 10.1. The smallest absolute Gasteiger partial charge is 0.264 e. The fraction of sp³-hybridized carbons (Fsp3) is 0.333. The van der Waals surface area contributed by atoms with Crippen LogP contribution in [0.25, 0.3) is 0 Å². The van der Waals surface area contributed by atoms with Crippen LogP contribution in [0.15, 0.2) is 77.7 Å². The van der Waals surface area contributed by atoms with Crippen LogP contribution in [0.3, 0.4) is 0 Å². The fourth-order valence-corrected chi connectivity index (χ4v) is 5.62. The second-order valence-corrected chi connectivity index (χ2v) is 12.4. The molecule has 3 aromatic carbocycles. The third-order valence-corrected chi connectivity index (χ3v) is 8.42. The van der Waals surface area contributed by atoms with E-state index in [9.17, 15) is 18.0 Å². The Labute approximate surface area is 236 Å². The molecule has 1 N–H and O–H groups in total. The Morgan fingerprint density at radius 2 is 1.51 bits per heavy atom. The molecule has 39 heavy (non-hydrogen) atoms. The summed E-state index contributed by atoms with van der Waals surface area (Å²) in [5, 5.41) is 3.43. The zero-order chi connectivity index (χ0) is 28.7. The summed E-state index contributed by atoms with van der Waals surface area (Å²) in [5.74, 6) is -0.580. The van der Waals surface area contributed by atoms with E-state index >= 15 is 0 Å². The topological polar surface area (TPSA) is 86.8 Å². The first-order chi connectivity index (χ1) is 18.4. The molecule has 0 aliphatic rings. The molecule has 9 heteroatoms. The molecule has 0 saturated carbocycles. The number of anilines is 1. The molecule has 0 aliphatic carbocycles. The van der Waals surface area contributed by atoms with Crippen LogP contribution in [-0.2, 0) is 26.2 Å². The normalized spacial score (nSPS) is 12.2. The van der Waals surface area contributed by atoms with E-state index in [0.29, 0.717) is 22.8 Å². The maximum atomic E-state index is 13.9. The molecule has 7 nitrogen and oxygen atoms in total. The maximum Gasteiger partial charge on any atom is 0.264 e. The summed E-state index contributed by atoms with van der Waals surface area (Å²) < 4.78 is 28.9. The molecular weight excluding hydrogens is 534 g/mol. The molecule has 1 unspecified atom stereocenters. The summed E-state index contributed by atoms with van der Waals surface area (Å²) >= 11 is 6.05. The van der Waals surface area contributed by atoms with Gasteiger partial charge in [0.2, 0.25) is 11.8 Å². The highest BCUT2D eigenvalue weighted by molar-refractivity contribution is 7.92. The molecule has 0 radical (unpaired) electrons. The Hall–Kier alpha value is -3.36. The number of para-hydroxylation sites is 1. The Morgan fingerprint density at radius 3 is 2.10 bits per heavy atom. The zero-order valence-corrected chi connectivity index (χ0v) is 24.6. The van der Waals surface area contributed by atoms with Gasteiger partial charge in [-0.15, -0.1) is 0 Å². The summed E-state index contributed by atoms with van der Waals surface area (Å²) in [6.07, 6.45) is 0. The minimum Gasteiger partial charge on any atom is -0.354 e. The number of benzene rings is 3. The number of aryl methyl sites for hydroxylation is 2. The number of halogens is 1. The van der Waals surface area contributed by atoms with Crippen molar-refractivity contribution in [3.63, 3.8) is 0 Å². The Bertz CT molecular complexity index is 1390. The van der Waals surface area contributed by atoms with Crippen molar-refractivity contribution in [3.05, 3.63) is 94.5 Å². The Kier molecular flexibility index (Phi) is 10.2. The van der Waals surface area contributed by atoms with Crippen molar-refractivity contribution >= 4 is 39.1 Å². The van der Waals surface area contributed by atoms with Gasteiger partial charge in [-0.1, -0.05) is 73.5 Å². The molecular formula is C30H36ClN3O4S. The molecule has 3 aromatic rings. The first-order valence-electron chi connectivity index (χ1n) is 12.9. The Balaban J connectivity index is 2.02. The van der Waals surface area contributed by atoms with Gasteiger partial charge < -0.3 is 10.2 Å². The predicted molar refractivity (Wildman–Crippen MR) is 156 cm³/mol. The van der Waals surface area contributed by atoms with Gasteiger partial charge in [0.25, 0.3) is 10.0 Å². The number of rotatable bonds is 11. The lowest BCUT2D eigenvalue weighted by molar-refractivity contribution is -0.139. The van der Waals surface area contributed by atoms with Crippen LogP contribution in [0.4, 0.5) is 5.69 Å². The van der Waals surface area contributed by atoms with Crippen LogP contribution in [0, 0.1) is 19.8 Å². The van der Waals surface area contributed by atoms with Gasteiger partial charge in [0.15, 0.2) is 0 Å². The van der Waals surface area contributed by atoms with Crippen LogP contribution in [-0.4, -0.2) is 44.3 Å². The molecule has 0 fully saturated rings. The molecule has 208 valence electrons. The van der Waals surface area contributed by atoms with E-state index in [2.05, 4.69) is 5.32 Å². The first kappa shape index (κ1) is 30.2. The number of amides is 2. The second kappa shape index (κ2) is 13.1. The molecule has 0 bridgehead atoms. The van der Waals surface area contributed by atoms with Crippen molar-refractivity contribution in [2.75, 3.05) is 17.4 Å². The highest BCUT2D eigenvalue weighted by atomic mass is 35.5. The van der Waals surface area contributed by atoms with E-state index in [1.807, 2.05) is 26.8 Å². The number of sulfonamides is 1. The SMILES string of the molecule is Cc1ccc(S(=O)(=O)N(CC(=O)N(Cc2ccc(Cl)cc2)C(C)C(=O)NCC(C)C)c2ccccc2C)cc1. The number of hydrogen-bond donors (Lipinski definition) is 1. The average molecular weight is 570 g/mol. The maximum absolute atomic E-state index is 13.9. The predicted octanol–water partition coefficient (Wildman–Crippen LogP) is 5.34. The van der Waals surface area contributed by atoms with E-state index in [-0.39, 0.29) is 23.3 Å². The van der Waals surface area contributed by atoms with E-state index in [4.69, 9.17) is 11.6 Å². The number of carbonyl (C=O) groups is 2. The lowest BCUT2D eigenvalue weighted by atomic mass is 10.1. The third-order valence-electron chi connectivity index (χ3n) is 6.39. The highest BCUT2D eigenvalue weighted by Gasteiger charge is 2.33. The molecule has 3 rings (SSSR count). The lowest BCUT2D eigenvalue weighted by Gasteiger charge is -2.32. The van der Waals surface area contributed by atoms with Gasteiger partial charge in [-0.2, -0.15) is 0 Å². The third kappa shape index (κ3) is 7.83. The minimum atomic E-state index is -4.10. The van der Waals surface area contributed by atoms with Gasteiger partial charge in [0, 0.05) is 18.1 Å². The van der Waals surface area contributed by atoms with Crippen LogP contribution in [0.2, 0.25) is 5.02 Å². The molecule has 0 saturated heterocycles. The standard InChI is InChI=1S/C30H36ClN3O4S/c1-21(2)18-32-30(36)24(5)33(19-25-12-14-26(31)15-13-25)29(35)20-34(28-9-7-6-8-23(28)4)39(37,38)27-16-10-22(3)11-17-27/h6-17,21,24H,18-20H2,1-5H3,(H,32,36). The molecule has 1 atom stereocenters. The monoisotopic (exact) mass is 569 g/mol. The van der Waals surface area contributed by atoms with Gasteiger partial charge in [-0.05, 0) is 68.1 Å². The van der Waals surface area contributed by atoms with Crippen molar-refractivity contribution < 1.29 is 18.0 Å². The van der Waals surface area contributed by atoms with Gasteiger partial charge in [-0.3, -0.25) is 13.9 Å². The summed E-state index contributed by atoms with van der Waals surface area (Å²) in [6.45, 7) is 9.38. The number of carbonyl (C=O) groups excluding carboxylic acids is 2. The van der Waals surface area contributed by atoms with Crippen LogP contribution < -0.4 is 9.62 Å². The fourth-order valence-electron chi connectivity index (χ4n) is 4.02. The molecule has 2 amide bonds. The summed E-state index contributed by atoms with van der Waals surface area (Å²) in [4.78, 5) is 28.5.